The maximum absolute atomic E-state index is 11.2. The van der Waals surface area contributed by atoms with E-state index < -0.39 is 42.4 Å². The largest absolute Gasteiger partial charge is 0.466 e. The number of hydrogen-bond donors (Lipinski definition) is 2. The van der Waals surface area contributed by atoms with Crippen LogP contribution in [0.3, 0.4) is 0 Å². The topological polar surface area (TPSA) is 164 Å². The third-order valence-electron chi connectivity index (χ3n) is 3.22. The predicted octanol–water partition coefficient (Wildman–Crippen LogP) is -0.978. The fourth-order valence-electron chi connectivity index (χ4n) is 1.76. The van der Waals surface area contributed by atoms with Crippen molar-refractivity contribution in [3.63, 3.8) is 0 Å². The molecule has 2 unspecified atom stereocenters. The van der Waals surface area contributed by atoms with Crippen LogP contribution in [-0.4, -0.2) is 92.7 Å². The van der Waals surface area contributed by atoms with Gasteiger partial charge in [0.05, 0.1) is 27.4 Å². The maximum atomic E-state index is 11.2. The molecule has 0 aliphatic carbocycles. The summed E-state index contributed by atoms with van der Waals surface area (Å²) < 4.78 is 28.6. The summed E-state index contributed by atoms with van der Waals surface area (Å²) in [5.74, 6) is -3.33. The highest BCUT2D eigenvalue weighted by Crippen LogP contribution is 2.22. The molecule has 12 nitrogen and oxygen atoms in total. The number of rotatable bonds is 9. The van der Waals surface area contributed by atoms with E-state index in [1.165, 1.54) is 14.2 Å². The fourth-order valence-corrected chi connectivity index (χ4v) is 1.76. The number of aliphatic hydroxyl groups is 2. The monoisotopic (exact) mass is 448 g/mol. The lowest BCUT2D eigenvalue weighted by molar-refractivity contribution is -0.155. The molecule has 1 aliphatic heterocycles. The zero-order valence-electron chi connectivity index (χ0n) is 17.8. The quantitative estimate of drug-likeness (QED) is 0.252. The van der Waals surface area contributed by atoms with Crippen LogP contribution in [0.1, 0.15) is 13.8 Å². The molecular formula is C19H28O12. The molecule has 0 amide bonds. The molecule has 0 bridgehead atoms. The molecule has 31 heavy (non-hydrogen) atoms. The number of ether oxygens (including phenoxy) is 6. The van der Waals surface area contributed by atoms with E-state index in [0.29, 0.717) is 6.61 Å². The van der Waals surface area contributed by atoms with Crippen molar-refractivity contribution < 1.29 is 57.8 Å². The highest BCUT2D eigenvalue weighted by atomic mass is 16.7. The lowest BCUT2D eigenvalue weighted by Crippen LogP contribution is -2.24. The van der Waals surface area contributed by atoms with Crippen LogP contribution in [0.4, 0.5) is 0 Å². The van der Waals surface area contributed by atoms with Gasteiger partial charge in [-0.2, -0.15) is 0 Å². The van der Waals surface area contributed by atoms with Crippen molar-refractivity contribution in [1.29, 1.82) is 0 Å². The van der Waals surface area contributed by atoms with Gasteiger partial charge in [-0.05, 0) is 13.8 Å². The van der Waals surface area contributed by atoms with Crippen molar-refractivity contribution in [1.82, 2.24) is 0 Å². The Labute approximate surface area is 179 Å². The second-order valence-electron chi connectivity index (χ2n) is 6.26. The Morgan fingerprint density at radius 1 is 0.968 bits per heavy atom. The van der Waals surface area contributed by atoms with Gasteiger partial charge < -0.3 is 38.6 Å². The summed E-state index contributed by atoms with van der Waals surface area (Å²) in [7, 11) is 2.40. The fraction of sp³-hybridized carbons (Fsp3) is 0.579. The van der Waals surface area contributed by atoms with Crippen LogP contribution in [0.5, 0.6) is 0 Å². The Bertz CT molecular complexity index is 652. The average molecular weight is 448 g/mol. The van der Waals surface area contributed by atoms with Gasteiger partial charge in [-0.15, -0.1) is 0 Å². The number of carbonyl (C=O) groups excluding carboxylic acids is 4. The van der Waals surface area contributed by atoms with Gasteiger partial charge in [0.2, 0.25) is 0 Å². The van der Waals surface area contributed by atoms with E-state index >= 15 is 0 Å². The van der Waals surface area contributed by atoms with E-state index in [4.69, 9.17) is 24.4 Å². The van der Waals surface area contributed by atoms with Crippen molar-refractivity contribution in [2.75, 3.05) is 40.6 Å². The van der Waals surface area contributed by atoms with Gasteiger partial charge in [0, 0.05) is 24.3 Å². The minimum atomic E-state index is -1.11. The molecule has 0 radical (unpaired) electrons. The molecule has 1 saturated heterocycles. The van der Waals surface area contributed by atoms with Crippen LogP contribution in [0.25, 0.3) is 0 Å². The van der Waals surface area contributed by atoms with Crippen molar-refractivity contribution >= 4 is 23.9 Å². The van der Waals surface area contributed by atoms with Crippen molar-refractivity contribution in [2.45, 2.75) is 31.8 Å². The van der Waals surface area contributed by atoms with E-state index in [2.05, 4.69) is 14.2 Å². The van der Waals surface area contributed by atoms with Gasteiger partial charge in [0.25, 0.3) is 0 Å². The molecule has 0 spiro atoms. The van der Waals surface area contributed by atoms with E-state index in [1.807, 2.05) is 0 Å². The standard InChI is InChI=1S/C11H16O6.C8H12O6/c1-11(2)16-7-8(17-11)6-15-10(13)5-4-9(12)14-3;1-13-7(11)2-3-8(12)14-5-6(10)4-9/h4-5,8H,6-7H2,1-3H3;2-3,6,9-10H,4-5H2,1H3/b5-4+;3-2+. The first kappa shape index (κ1) is 28.2. The molecule has 0 saturated carbocycles. The van der Waals surface area contributed by atoms with Gasteiger partial charge >= 0.3 is 23.9 Å². The zero-order chi connectivity index (χ0) is 23.9. The molecule has 1 rings (SSSR count). The van der Waals surface area contributed by atoms with Crippen molar-refractivity contribution in [2.24, 2.45) is 0 Å². The Morgan fingerprint density at radius 3 is 1.87 bits per heavy atom. The van der Waals surface area contributed by atoms with E-state index in [1.54, 1.807) is 13.8 Å². The third kappa shape index (κ3) is 14.8. The number of hydrogen-bond acceptors (Lipinski definition) is 12. The second kappa shape index (κ2) is 15.1. The first-order chi connectivity index (χ1) is 14.5. The average Bonchev–Trinajstić information content (AvgIpc) is 3.11. The van der Waals surface area contributed by atoms with Gasteiger partial charge in [-0.1, -0.05) is 0 Å². The Hall–Kier alpha value is -2.80. The Balaban J connectivity index is 0.000000594. The molecular weight excluding hydrogens is 420 g/mol. The molecule has 2 atom stereocenters. The molecule has 1 heterocycles. The highest BCUT2D eigenvalue weighted by Gasteiger charge is 2.33. The number of aliphatic hydroxyl groups excluding tert-OH is 2. The molecule has 12 heteroatoms. The SMILES string of the molecule is COC(=O)/C=C/C(=O)OCC(O)CO.COC(=O)/C=C/C(=O)OCC1COC(C)(C)O1. The van der Waals surface area contributed by atoms with E-state index in [9.17, 15) is 19.2 Å². The lowest BCUT2D eigenvalue weighted by Gasteiger charge is -2.16. The van der Waals surface area contributed by atoms with Crippen molar-refractivity contribution in [3.05, 3.63) is 24.3 Å². The Morgan fingerprint density at radius 2 is 1.45 bits per heavy atom. The van der Waals surface area contributed by atoms with Crippen LogP contribution >= 0.6 is 0 Å². The van der Waals surface area contributed by atoms with Crippen LogP contribution in [-0.2, 0) is 47.6 Å². The molecule has 0 aromatic carbocycles. The Kier molecular flexibility index (Phi) is 13.7. The predicted molar refractivity (Wildman–Crippen MR) is 102 cm³/mol. The minimum Gasteiger partial charge on any atom is -0.466 e. The summed E-state index contributed by atoms with van der Waals surface area (Å²) in [4.78, 5) is 43.1. The summed E-state index contributed by atoms with van der Waals surface area (Å²) in [5, 5.41) is 17.2. The summed E-state index contributed by atoms with van der Waals surface area (Å²) in [6.07, 6.45) is 2.39. The number of esters is 4. The molecule has 2 N–H and O–H groups in total. The molecule has 1 fully saturated rings. The van der Waals surface area contributed by atoms with Gasteiger partial charge in [-0.3, -0.25) is 0 Å². The maximum Gasteiger partial charge on any atom is 0.331 e. The summed E-state index contributed by atoms with van der Waals surface area (Å²) >= 11 is 0. The van der Waals surface area contributed by atoms with E-state index in [-0.39, 0.29) is 19.3 Å². The van der Waals surface area contributed by atoms with Crippen LogP contribution < -0.4 is 0 Å². The number of carbonyl (C=O) groups is 4. The van der Waals surface area contributed by atoms with Crippen molar-refractivity contribution in [3.8, 4) is 0 Å². The summed E-state index contributed by atoms with van der Waals surface area (Å²) in [6.45, 7) is 3.22. The van der Waals surface area contributed by atoms with Gasteiger partial charge in [0.1, 0.15) is 25.4 Å². The van der Waals surface area contributed by atoms with Crippen LogP contribution in [0.15, 0.2) is 24.3 Å². The molecule has 0 aromatic rings. The molecule has 0 aromatic heterocycles. The summed E-state index contributed by atoms with van der Waals surface area (Å²) in [6, 6.07) is 0. The zero-order valence-corrected chi connectivity index (χ0v) is 17.8. The van der Waals surface area contributed by atoms with Crippen LogP contribution in [0.2, 0.25) is 0 Å². The third-order valence-corrected chi connectivity index (χ3v) is 3.22. The first-order valence-electron chi connectivity index (χ1n) is 8.99. The minimum absolute atomic E-state index is 0.0910. The van der Waals surface area contributed by atoms with Gasteiger partial charge in [-0.25, -0.2) is 19.2 Å². The summed E-state index contributed by atoms with van der Waals surface area (Å²) in [5.41, 5.74) is 0. The number of methoxy groups -OCH3 is 2. The molecule has 1 aliphatic rings. The van der Waals surface area contributed by atoms with Crippen LogP contribution in [0, 0.1) is 0 Å². The normalized spacial score (nSPS) is 18.1. The first-order valence-corrected chi connectivity index (χ1v) is 8.99. The molecule has 176 valence electrons. The highest BCUT2D eigenvalue weighted by molar-refractivity contribution is 5.92. The smallest absolute Gasteiger partial charge is 0.331 e. The van der Waals surface area contributed by atoms with E-state index in [0.717, 1.165) is 24.3 Å². The lowest BCUT2D eigenvalue weighted by atomic mass is 10.4. The van der Waals surface area contributed by atoms with Gasteiger partial charge in [0.15, 0.2) is 5.79 Å². The second-order valence-corrected chi connectivity index (χ2v) is 6.26.